The monoisotopic (exact) mass is 241 g/mol. The summed E-state index contributed by atoms with van der Waals surface area (Å²) in [6, 6.07) is 9.86. The number of benzene rings is 1. The maximum atomic E-state index is 10.8. The Morgan fingerprint density at radius 1 is 1.28 bits per heavy atom. The van der Waals surface area contributed by atoms with Crippen molar-refractivity contribution < 1.29 is 4.79 Å². The van der Waals surface area contributed by atoms with Crippen molar-refractivity contribution in [3.63, 3.8) is 0 Å². The van der Waals surface area contributed by atoms with Gasteiger partial charge >= 0.3 is 0 Å². The van der Waals surface area contributed by atoms with E-state index in [1.807, 2.05) is 48.9 Å². The summed E-state index contributed by atoms with van der Waals surface area (Å²) >= 11 is 0. The maximum absolute atomic E-state index is 10.8. The van der Waals surface area contributed by atoms with Crippen LogP contribution in [0.1, 0.15) is 17.0 Å². The summed E-state index contributed by atoms with van der Waals surface area (Å²) in [5.41, 5.74) is 8.88. The van der Waals surface area contributed by atoms with Gasteiger partial charge in [-0.3, -0.25) is 4.79 Å². The van der Waals surface area contributed by atoms with Gasteiger partial charge in [0.05, 0.1) is 11.4 Å². The molecule has 2 rings (SSSR count). The van der Waals surface area contributed by atoms with Crippen molar-refractivity contribution >= 4 is 12.0 Å². The number of hydrogen-bond acceptors (Lipinski definition) is 2. The Kier molecular flexibility index (Phi) is 3.28. The van der Waals surface area contributed by atoms with Gasteiger partial charge in [0, 0.05) is 17.3 Å². The van der Waals surface area contributed by atoms with Crippen LogP contribution in [0.15, 0.2) is 36.4 Å². The van der Waals surface area contributed by atoms with Crippen LogP contribution in [-0.4, -0.2) is 15.7 Å². The molecular formula is C14H15N3O. The molecule has 0 atom stereocenters. The SMILES string of the molecule is Cc1nn(-c2ccccc2)c(C)c1/C=C/C(N)=O. The van der Waals surface area contributed by atoms with Crippen LogP contribution in [0, 0.1) is 13.8 Å². The molecule has 1 amide bonds. The van der Waals surface area contributed by atoms with Gasteiger partial charge in [-0.25, -0.2) is 4.68 Å². The molecule has 92 valence electrons. The second kappa shape index (κ2) is 4.87. The van der Waals surface area contributed by atoms with Crippen molar-refractivity contribution in [2.45, 2.75) is 13.8 Å². The number of amides is 1. The Morgan fingerprint density at radius 2 is 1.94 bits per heavy atom. The second-order valence-corrected chi connectivity index (χ2v) is 4.07. The molecule has 1 aromatic heterocycles. The summed E-state index contributed by atoms with van der Waals surface area (Å²) in [4.78, 5) is 10.8. The van der Waals surface area contributed by atoms with Gasteiger partial charge in [-0.05, 0) is 32.1 Å². The van der Waals surface area contributed by atoms with E-state index in [4.69, 9.17) is 5.73 Å². The number of nitrogens with two attached hydrogens (primary N) is 1. The van der Waals surface area contributed by atoms with E-state index in [9.17, 15) is 4.79 Å². The van der Waals surface area contributed by atoms with E-state index in [1.54, 1.807) is 6.08 Å². The molecule has 2 aromatic rings. The zero-order chi connectivity index (χ0) is 13.1. The quantitative estimate of drug-likeness (QED) is 0.835. The van der Waals surface area contributed by atoms with Gasteiger partial charge in [0.2, 0.25) is 5.91 Å². The van der Waals surface area contributed by atoms with Crippen molar-refractivity contribution in [2.24, 2.45) is 5.73 Å². The second-order valence-electron chi connectivity index (χ2n) is 4.07. The zero-order valence-electron chi connectivity index (χ0n) is 10.4. The number of nitrogens with zero attached hydrogens (tertiary/aromatic N) is 2. The van der Waals surface area contributed by atoms with Crippen LogP contribution in [0.3, 0.4) is 0 Å². The number of primary amides is 1. The van der Waals surface area contributed by atoms with Crippen LogP contribution in [0.4, 0.5) is 0 Å². The number of carbonyl (C=O) groups excluding carboxylic acids is 1. The summed E-state index contributed by atoms with van der Waals surface area (Å²) < 4.78 is 1.86. The van der Waals surface area contributed by atoms with Gasteiger partial charge in [-0.2, -0.15) is 5.10 Å². The lowest BCUT2D eigenvalue weighted by atomic mass is 10.2. The highest BCUT2D eigenvalue weighted by Gasteiger charge is 2.10. The lowest BCUT2D eigenvalue weighted by molar-refractivity contribution is -0.113. The minimum atomic E-state index is -0.457. The first-order valence-corrected chi connectivity index (χ1v) is 5.68. The Hall–Kier alpha value is -2.36. The van der Waals surface area contributed by atoms with Crippen molar-refractivity contribution in [3.8, 4) is 5.69 Å². The first-order chi connectivity index (χ1) is 8.59. The number of aryl methyl sites for hydroxylation is 1. The third kappa shape index (κ3) is 2.32. The normalized spacial score (nSPS) is 11.0. The fraction of sp³-hybridized carbons (Fsp3) is 0.143. The van der Waals surface area contributed by atoms with E-state index < -0.39 is 5.91 Å². The molecule has 0 saturated heterocycles. The first-order valence-electron chi connectivity index (χ1n) is 5.68. The van der Waals surface area contributed by atoms with Crippen molar-refractivity contribution in [2.75, 3.05) is 0 Å². The average molecular weight is 241 g/mol. The Morgan fingerprint density at radius 3 is 2.56 bits per heavy atom. The molecule has 18 heavy (non-hydrogen) atoms. The molecule has 0 aliphatic heterocycles. The Bertz CT molecular complexity index is 597. The predicted molar refractivity (Wildman–Crippen MR) is 71.3 cm³/mol. The molecule has 0 unspecified atom stereocenters. The maximum Gasteiger partial charge on any atom is 0.241 e. The third-order valence-electron chi connectivity index (χ3n) is 2.76. The topological polar surface area (TPSA) is 60.9 Å². The van der Waals surface area contributed by atoms with E-state index in [2.05, 4.69) is 5.10 Å². The molecule has 1 aromatic carbocycles. The van der Waals surface area contributed by atoms with Crippen molar-refractivity contribution in [1.82, 2.24) is 9.78 Å². The zero-order valence-corrected chi connectivity index (χ0v) is 10.4. The lowest BCUT2D eigenvalue weighted by Crippen LogP contribution is -2.05. The number of carbonyl (C=O) groups is 1. The number of aromatic nitrogens is 2. The minimum absolute atomic E-state index is 0.457. The molecule has 0 spiro atoms. The highest BCUT2D eigenvalue weighted by Crippen LogP contribution is 2.18. The lowest BCUT2D eigenvalue weighted by Gasteiger charge is -2.03. The summed E-state index contributed by atoms with van der Waals surface area (Å²) in [5, 5.41) is 4.47. The molecule has 0 aliphatic rings. The molecule has 1 heterocycles. The summed E-state index contributed by atoms with van der Waals surface area (Å²) in [6.07, 6.45) is 3.06. The van der Waals surface area contributed by atoms with Crippen LogP contribution in [0.25, 0.3) is 11.8 Å². The molecule has 4 heteroatoms. The highest BCUT2D eigenvalue weighted by atomic mass is 16.1. The number of hydrogen-bond donors (Lipinski definition) is 1. The van der Waals surface area contributed by atoms with Gasteiger partial charge in [0.1, 0.15) is 0 Å². The largest absolute Gasteiger partial charge is 0.366 e. The molecule has 0 radical (unpaired) electrons. The first kappa shape index (κ1) is 12.1. The van der Waals surface area contributed by atoms with E-state index in [0.29, 0.717) is 0 Å². The van der Waals surface area contributed by atoms with Crippen molar-refractivity contribution in [3.05, 3.63) is 53.4 Å². The van der Waals surface area contributed by atoms with Gasteiger partial charge in [-0.15, -0.1) is 0 Å². The fourth-order valence-corrected chi connectivity index (χ4v) is 1.88. The summed E-state index contributed by atoms with van der Waals surface area (Å²) in [6.45, 7) is 3.88. The smallest absolute Gasteiger partial charge is 0.241 e. The van der Waals surface area contributed by atoms with E-state index in [0.717, 1.165) is 22.6 Å². The fourth-order valence-electron chi connectivity index (χ4n) is 1.88. The summed E-state index contributed by atoms with van der Waals surface area (Å²) in [7, 11) is 0. The standard InChI is InChI=1S/C14H15N3O/c1-10-13(8-9-14(15)18)11(2)17(16-10)12-6-4-3-5-7-12/h3-9H,1-2H3,(H2,15,18)/b9-8+. The third-order valence-corrected chi connectivity index (χ3v) is 2.76. The highest BCUT2D eigenvalue weighted by molar-refractivity contribution is 5.90. The molecule has 4 nitrogen and oxygen atoms in total. The van der Waals surface area contributed by atoms with Crippen molar-refractivity contribution in [1.29, 1.82) is 0 Å². The van der Waals surface area contributed by atoms with Gasteiger partial charge in [0.25, 0.3) is 0 Å². The molecule has 0 aliphatic carbocycles. The van der Waals surface area contributed by atoms with Crippen LogP contribution in [-0.2, 0) is 4.79 Å². The molecule has 2 N–H and O–H groups in total. The van der Waals surface area contributed by atoms with Crippen LogP contribution in [0.2, 0.25) is 0 Å². The molecule has 0 fully saturated rings. The van der Waals surface area contributed by atoms with Crippen LogP contribution < -0.4 is 5.73 Å². The minimum Gasteiger partial charge on any atom is -0.366 e. The number of rotatable bonds is 3. The molecular weight excluding hydrogens is 226 g/mol. The van der Waals surface area contributed by atoms with Gasteiger partial charge < -0.3 is 5.73 Å². The Labute approximate surface area is 106 Å². The van der Waals surface area contributed by atoms with E-state index in [-0.39, 0.29) is 0 Å². The van der Waals surface area contributed by atoms with Gasteiger partial charge in [0.15, 0.2) is 0 Å². The van der Waals surface area contributed by atoms with E-state index >= 15 is 0 Å². The predicted octanol–water partition coefficient (Wildman–Crippen LogP) is 1.99. The van der Waals surface area contributed by atoms with Crippen LogP contribution in [0.5, 0.6) is 0 Å². The molecule has 0 saturated carbocycles. The summed E-state index contributed by atoms with van der Waals surface area (Å²) in [5.74, 6) is -0.457. The number of para-hydroxylation sites is 1. The Balaban J connectivity index is 2.47. The average Bonchev–Trinajstić information content (AvgIpc) is 2.63. The van der Waals surface area contributed by atoms with E-state index in [1.165, 1.54) is 6.08 Å². The molecule has 0 bridgehead atoms. The van der Waals surface area contributed by atoms with Crippen LogP contribution >= 0.6 is 0 Å². The van der Waals surface area contributed by atoms with Gasteiger partial charge in [-0.1, -0.05) is 18.2 Å².